The third-order valence-electron chi connectivity index (χ3n) is 7.77. The summed E-state index contributed by atoms with van der Waals surface area (Å²) in [7, 11) is -4.25. The molecule has 0 bridgehead atoms. The normalized spacial score (nSPS) is 12.0. The topological polar surface area (TPSA) is 86.8 Å². The van der Waals surface area contributed by atoms with Crippen LogP contribution < -0.4 is 9.62 Å². The number of benzene rings is 4. The molecule has 0 saturated carbocycles. The van der Waals surface area contributed by atoms with Crippen LogP contribution in [0, 0.1) is 13.8 Å². The van der Waals surface area contributed by atoms with Crippen LogP contribution in [0.4, 0.5) is 5.69 Å². The second-order valence-electron chi connectivity index (χ2n) is 11.4. The van der Waals surface area contributed by atoms with Gasteiger partial charge in [-0.1, -0.05) is 102 Å². The maximum atomic E-state index is 14.6. The highest BCUT2D eigenvalue weighted by atomic mass is 35.5. The molecule has 4 aromatic rings. The molecule has 0 fully saturated rings. The van der Waals surface area contributed by atoms with E-state index in [2.05, 4.69) is 5.32 Å². The Balaban J connectivity index is 1.83. The predicted octanol–water partition coefficient (Wildman–Crippen LogP) is 8.02. The number of anilines is 1. The molecule has 0 heterocycles. The fourth-order valence-corrected chi connectivity index (χ4v) is 7.32. The molecule has 47 heavy (non-hydrogen) atoms. The molecule has 248 valence electrons. The summed E-state index contributed by atoms with van der Waals surface area (Å²) in [4.78, 5) is 30.0. The van der Waals surface area contributed by atoms with Crippen LogP contribution in [0.15, 0.2) is 95.9 Å². The van der Waals surface area contributed by atoms with Crippen LogP contribution in [0.25, 0.3) is 0 Å². The predicted molar refractivity (Wildman–Crippen MR) is 191 cm³/mol. The molecule has 0 spiro atoms. The molecular formula is C36H38Cl3N3O4S. The monoisotopic (exact) mass is 713 g/mol. The summed E-state index contributed by atoms with van der Waals surface area (Å²) in [6, 6.07) is 24.5. The molecule has 0 aromatic heterocycles. The summed E-state index contributed by atoms with van der Waals surface area (Å²) in [5.41, 5.74) is 3.13. The van der Waals surface area contributed by atoms with E-state index in [1.165, 1.54) is 17.0 Å². The van der Waals surface area contributed by atoms with Gasteiger partial charge in [-0.3, -0.25) is 13.9 Å². The first-order chi connectivity index (χ1) is 22.4. The molecule has 4 rings (SSSR count). The number of carbonyl (C=O) groups is 2. The molecular weight excluding hydrogens is 677 g/mol. The van der Waals surface area contributed by atoms with Crippen molar-refractivity contribution in [3.8, 4) is 0 Å². The average Bonchev–Trinajstić information content (AvgIpc) is 3.03. The molecule has 4 aromatic carbocycles. The quantitative estimate of drug-likeness (QED) is 0.134. The number of carbonyl (C=O) groups excluding carboxylic acids is 2. The Hall–Kier alpha value is -3.56. The van der Waals surface area contributed by atoms with Crippen molar-refractivity contribution in [3.63, 3.8) is 0 Å². The number of sulfonamides is 1. The fourth-order valence-electron chi connectivity index (χ4n) is 5.14. The van der Waals surface area contributed by atoms with E-state index < -0.39 is 28.5 Å². The van der Waals surface area contributed by atoms with Crippen molar-refractivity contribution in [3.05, 3.63) is 128 Å². The smallest absolute Gasteiger partial charge is 0.264 e. The number of hydrogen-bond acceptors (Lipinski definition) is 4. The van der Waals surface area contributed by atoms with Crippen LogP contribution in [0.2, 0.25) is 15.1 Å². The first-order valence-corrected chi connectivity index (χ1v) is 17.9. The molecule has 0 saturated heterocycles. The SMILES string of the molecule is CCCCNC(=O)[C@H](Cc1ccccc1)N(Cc1ccc(Cl)cc1Cl)C(=O)CN(c1ccc(Cl)cc1C)S(=O)(=O)c1ccc(C)cc1. The maximum absolute atomic E-state index is 14.6. The minimum absolute atomic E-state index is 0.0238. The number of rotatable bonds is 14. The van der Waals surface area contributed by atoms with Crippen LogP contribution in [-0.4, -0.2) is 44.3 Å². The Morgan fingerprint density at radius 2 is 1.51 bits per heavy atom. The Kier molecular flexibility index (Phi) is 12.7. The summed E-state index contributed by atoms with van der Waals surface area (Å²) in [5, 5.41) is 4.14. The molecule has 1 atom stereocenters. The first kappa shape index (κ1) is 36.3. The summed E-state index contributed by atoms with van der Waals surface area (Å²) in [5.74, 6) is -0.941. The fraction of sp³-hybridized carbons (Fsp3) is 0.278. The van der Waals surface area contributed by atoms with Gasteiger partial charge in [0, 0.05) is 34.6 Å². The molecule has 0 aliphatic heterocycles. The molecule has 0 aliphatic rings. The Morgan fingerprint density at radius 1 is 0.851 bits per heavy atom. The Labute approximate surface area is 292 Å². The van der Waals surface area contributed by atoms with Crippen LogP contribution in [0.1, 0.15) is 42.0 Å². The van der Waals surface area contributed by atoms with E-state index in [1.54, 1.807) is 55.5 Å². The number of aryl methyl sites for hydroxylation is 2. The number of nitrogens with one attached hydrogen (secondary N) is 1. The van der Waals surface area contributed by atoms with Crippen LogP contribution >= 0.6 is 34.8 Å². The summed E-state index contributed by atoms with van der Waals surface area (Å²) < 4.78 is 29.6. The molecule has 0 aliphatic carbocycles. The zero-order valence-electron chi connectivity index (χ0n) is 26.5. The highest BCUT2D eigenvalue weighted by Gasteiger charge is 2.35. The van der Waals surface area contributed by atoms with E-state index in [-0.39, 0.29) is 23.8 Å². The van der Waals surface area contributed by atoms with Gasteiger partial charge in [0.1, 0.15) is 12.6 Å². The molecule has 7 nitrogen and oxygen atoms in total. The van der Waals surface area contributed by atoms with Crippen molar-refractivity contribution >= 4 is 62.3 Å². The van der Waals surface area contributed by atoms with Gasteiger partial charge in [0.05, 0.1) is 10.6 Å². The second-order valence-corrected chi connectivity index (χ2v) is 14.5. The van der Waals surface area contributed by atoms with Gasteiger partial charge >= 0.3 is 0 Å². The number of nitrogens with zero attached hydrogens (tertiary/aromatic N) is 2. The minimum Gasteiger partial charge on any atom is -0.354 e. The maximum Gasteiger partial charge on any atom is 0.264 e. The number of amides is 2. The largest absolute Gasteiger partial charge is 0.354 e. The molecule has 0 unspecified atom stereocenters. The lowest BCUT2D eigenvalue weighted by molar-refractivity contribution is -0.140. The third kappa shape index (κ3) is 9.51. The van der Waals surface area contributed by atoms with Crippen molar-refractivity contribution in [2.75, 3.05) is 17.4 Å². The van der Waals surface area contributed by atoms with Crippen molar-refractivity contribution in [2.45, 2.75) is 57.5 Å². The molecule has 1 N–H and O–H groups in total. The lowest BCUT2D eigenvalue weighted by atomic mass is 10.0. The van der Waals surface area contributed by atoms with Crippen molar-refractivity contribution < 1.29 is 18.0 Å². The zero-order chi connectivity index (χ0) is 34.1. The minimum atomic E-state index is -4.25. The van der Waals surface area contributed by atoms with E-state index in [0.717, 1.165) is 28.3 Å². The van der Waals surface area contributed by atoms with Crippen molar-refractivity contribution in [1.29, 1.82) is 0 Å². The number of hydrogen-bond donors (Lipinski definition) is 1. The van der Waals surface area contributed by atoms with E-state index in [1.807, 2.05) is 44.2 Å². The van der Waals surface area contributed by atoms with Gasteiger partial charge in [-0.2, -0.15) is 0 Å². The summed E-state index contributed by atoms with van der Waals surface area (Å²) >= 11 is 19.0. The van der Waals surface area contributed by atoms with Crippen molar-refractivity contribution in [1.82, 2.24) is 10.2 Å². The van der Waals surface area contributed by atoms with Crippen LogP contribution in [0.3, 0.4) is 0 Å². The van der Waals surface area contributed by atoms with E-state index in [0.29, 0.717) is 38.4 Å². The van der Waals surface area contributed by atoms with Gasteiger partial charge in [-0.15, -0.1) is 0 Å². The van der Waals surface area contributed by atoms with Gasteiger partial charge in [0.25, 0.3) is 10.0 Å². The Bertz CT molecular complexity index is 1800. The third-order valence-corrected chi connectivity index (χ3v) is 10.4. The van der Waals surface area contributed by atoms with Crippen LogP contribution in [-0.2, 0) is 32.6 Å². The van der Waals surface area contributed by atoms with Crippen molar-refractivity contribution in [2.24, 2.45) is 0 Å². The van der Waals surface area contributed by atoms with Crippen LogP contribution in [0.5, 0.6) is 0 Å². The number of halogens is 3. The first-order valence-electron chi connectivity index (χ1n) is 15.3. The standard InChI is InChI=1S/C36H38Cl3N3O4S/c1-4-5-19-40-36(44)34(21-27-9-7-6-8-10-27)41(23-28-13-14-30(38)22-32(28)39)35(43)24-42(33-18-15-29(37)20-26(33)3)47(45,46)31-16-11-25(2)12-17-31/h6-18,20,22,34H,4-5,19,21,23-24H2,1-3H3,(H,40,44)/t34-/m0/s1. The van der Waals surface area contributed by atoms with Gasteiger partial charge in [0.2, 0.25) is 11.8 Å². The summed E-state index contributed by atoms with van der Waals surface area (Å²) in [6.45, 7) is 5.40. The van der Waals surface area contributed by atoms with Gasteiger partial charge in [-0.25, -0.2) is 8.42 Å². The van der Waals surface area contributed by atoms with Gasteiger partial charge in [-0.05, 0) is 79.4 Å². The second kappa shape index (κ2) is 16.5. The van der Waals surface area contributed by atoms with E-state index >= 15 is 0 Å². The van der Waals surface area contributed by atoms with E-state index in [4.69, 9.17) is 34.8 Å². The van der Waals surface area contributed by atoms with E-state index in [9.17, 15) is 18.0 Å². The van der Waals surface area contributed by atoms with Gasteiger partial charge in [0.15, 0.2) is 0 Å². The zero-order valence-corrected chi connectivity index (χ0v) is 29.6. The van der Waals surface area contributed by atoms with Gasteiger partial charge < -0.3 is 10.2 Å². The molecule has 11 heteroatoms. The lowest BCUT2D eigenvalue weighted by Gasteiger charge is -2.34. The average molecular weight is 715 g/mol. The summed E-state index contributed by atoms with van der Waals surface area (Å²) in [6.07, 6.45) is 1.83. The molecule has 2 amide bonds. The highest BCUT2D eigenvalue weighted by molar-refractivity contribution is 7.92. The number of unbranched alkanes of at least 4 members (excludes halogenated alkanes) is 1. The lowest BCUT2D eigenvalue weighted by Crippen LogP contribution is -2.53. The highest BCUT2D eigenvalue weighted by Crippen LogP contribution is 2.30. The Morgan fingerprint density at radius 3 is 2.15 bits per heavy atom. The molecule has 0 radical (unpaired) electrons.